The van der Waals surface area contributed by atoms with Crippen LogP contribution < -0.4 is 10.2 Å². The van der Waals surface area contributed by atoms with Gasteiger partial charge >= 0.3 is 0 Å². The van der Waals surface area contributed by atoms with E-state index in [1.54, 1.807) is 27.2 Å². The number of benzene rings is 1. The zero-order valence-electron chi connectivity index (χ0n) is 18.5. The first-order valence-corrected chi connectivity index (χ1v) is 12.6. The minimum Gasteiger partial charge on any atom is -0.315 e. The van der Waals surface area contributed by atoms with Crippen molar-refractivity contribution in [1.29, 1.82) is 0 Å². The summed E-state index contributed by atoms with van der Waals surface area (Å²) in [6, 6.07) is 11.3. The van der Waals surface area contributed by atoms with Gasteiger partial charge in [0.05, 0.1) is 21.8 Å². The number of hydrogen-bond acceptors (Lipinski definition) is 6. The average Bonchev–Trinajstić information content (AvgIpc) is 3.50. The van der Waals surface area contributed by atoms with Crippen LogP contribution in [0, 0.1) is 6.92 Å². The molecule has 2 aliphatic rings. The number of fused-ring (bicyclic) bond motifs is 3. The second kappa shape index (κ2) is 8.39. The van der Waals surface area contributed by atoms with Crippen LogP contribution in [0.2, 0.25) is 0 Å². The SMILES string of the molecule is Cc1ccc(-c2csc(NC(=O)CCCN3C(=O)c4ccccc4N4C(=O)CCC34C)n2)s1. The van der Waals surface area contributed by atoms with Gasteiger partial charge in [-0.05, 0) is 51.0 Å². The zero-order valence-corrected chi connectivity index (χ0v) is 20.1. The van der Waals surface area contributed by atoms with E-state index in [4.69, 9.17) is 0 Å². The fourth-order valence-corrected chi connectivity index (χ4v) is 6.27. The summed E-state index contributed by atoms with van der Waals surface area (Å²) in [6.07, 6.45) is 1.76. The van der Waals surface area contributed by atoms with Crippen molar-refractivity contribution in [2.45, 2.75) is 45.2 Å². The second-order valence-electron chi connectivity index (χ2n) is 8.52. The fourth-order valence-electron chi connectivity index (χ4n) is 4.64. The van der Waals surface area contributed by atoms with Gasteiger partial charge in [-0.3, -0.25) is 19.3 Å². The van der Waals surface area contributed by atoms with E-state index >= 15 is 0 Å². The number of hydrogen-bond donors (Lipinski definition) is 1. The highest BCUT2D eigenvalue weighted by Gasteiger charge is 2.52. The molecule has 7 nitrogen and oxygen atoms in total. The van der Waals surface area contributed by atoms with Crippen LogP contribution in [0.15, 0.2) is 41.8 Å². The summed E-state index contributed by atoms with van der Waals surface area (Å²) >= 11 is 3.07. The molecule has 1 aromatic carbocycles. The number of nitrogens with one attached hydrogen (secondary N) is 1. The molecular weight excluding hydrogens is 456 g/mol. The number of para-hydroxylation sites is 1. The molecule has 0 aliphatic carbocycles. The number of thiophene rings is 1. The topological polar surface area (TPSA) is 82.6 Å². The largest absolute Gasteiger partial charge is 0.315 e. The van der Waals surface area contributed by atoms with Crippen LogP contribution in [-0.2, 0) is 9.59 Å². The third kappa shape index (κ3) is 3.85. The highest BCUT2D eigenvalue weighted by atomic mass is 32.1. The molecule has 1 unspecified atom stereocenters. The molecule has 0 radical (unpaired) electrons. The molecule has 2 aliphatic heterocycles. The van der Waals surface area contributed by atoms with Crippen molar-refractivity contribution < 1.29 is 14.4 Å². The summed E-state index contributed by atoms with van der Waals surface area (Å²) in [7, 11) is 0. The van der Waals surface area contributed by atoms with Crippen LogP contribution >= 0.6 is 22.7 Å². The zero-order chi connectivity index (χ0) is 23.2. The maximum Gasteiger partial charge on any atom is 0.257 e. The highest BCUT2D eigenvalue weighted by Crippen LogP contribution is 2.44. The summed E-state index contributed by atoms with van der Waals surface area (Å²) < 4.78 is 0. The van der Waals surface area contributed by atoms with Crippen molar-refractivity contribution in [2.24, 2.45) is 0 Å². The van der Waals surface area contributed by atoms with Crippen molar-refractivity contribution in [3.63, 3.8) is 0 Å². The monoisotopic (exact) mass is 480 g/mol. The van der Waals surface area contributed by atoms with Gasteiger partial charge < -0.3 is 10.2 Å². The Balaban J connectivity index is 1.23. The summed E-state index contributed by atoms with van der Waals surface area (Å²) in [5.41, 5.74) is 1.39. The molecule has 4 heterocycles. The Morgan fingerprint density at radius 2 is 2.03 bits per heavy atom. The van der Waals surface area contributed by atoms with E-state index in [9.17, 15) is 14.4 Å². The molecule has 9 heteroatoms. The summed E-state index contributed by atoms with van der Waals surface area (Å²) in [5, 5.41) is 5.39. The molecule has 1 N–H and O–H groups in total. The number of anilines is 2. The summed E-state index contributed by atoms with van der Waals surface area (Å²) in [6.45, 7) is 4.39. The van der Waals surface area contributed by atoms with E-state index in [2.05, 4.69) is 23.3 Å². The van der Waals surface area contributed by atoms with Crippen LogP contribution in [-0.4, -0.2) is 39.8 Å². The number of amides is 3. The number of rotatable bonds is 6. The third-order valence-electron chi connectivity index (χ3n) is 6.27. The first kappa shape index (κ1) is 21.8. The predicted molar refractivity (Wildman–Crippen MR) is 131 cm³/mol. The van der Waals surface area contributed by atoms with Crippen LogP contribution in [0.5, 0.6) is 0 Å². The Labute approximate surface area is 200 Å². The molecule has 1 fully saturated rings. The van der Waals surface area contributed by atoms with Gasteiger partial charge in [-0.25, -0.2) is 4.98 Å². The van der Waals surface area contributed by atoms with Crippen LogP contribution in [0.1, 0.15) is 47.8 Å². The summed E-state index contributed by atoms with van der Waals surface area (Å²) in [4.78, 5) is 48.8. The molecule has 5 rings (SSSR count). The molecule has 0 spiro atoms. The Hall–Kier alpha value is -3.04. The van der Waals surface area contributed by atoms with Crippen LogP contribution in [0.3, 0.4) is 0 Å². The minimum atomic E-state index is -0.692. The normalized spacial score (nSPS) is 19.6. The van der Waals surface area contributed by atoms with Gasteiger partial charge in [0.1, 0.15) is 5.66 Å². The molecule has 1 atom stereocenters. The van der Waals surface area contributed by atoms with Crippen molar-refractivity contribution in [3.05, 3.63) is 52.2 Å². The van der Waals surface area contributed by atoms with Gasteiger partial charge in [0.25, 0.3) is 5.91 Å². The van der Waals surface area contributed by atoms with Crippen LogP contribution in [0.4, 0.5) is 10.8 Å². The van der Waals surface area contributed by atoms with Crippen molar-refractivity contribution in [1.82, 2.24) is 9.88 Å². The van der Waals surface area contributed by atoms with E-state index in [1.165, 1.54) is 16.2 Å². The van der Waals surface area contributed by atoms with E-state index in [1.807, 2.05) is 36.6 Å². The maximum absolute atomic E-state index is 13.3. The smallest absolute Gasteiger partial charge is 0.257 e. The first-order chi connectivity index (χ1) is 15.9. The Kier molecular flexibility index (Phi) is 5.54. The molecule has 1 saturated heterocycles. The van der Waals surface area contributed by atoms with E-state index in [0.717, 1.165) is 10.6 Å². The lowest BCUT2D eigenvalue weighted by atomic mass is 9.98. The third-order valence-corrected chi connectivity index (χ3v) is 8.06. The van der Waals surface area contributed by atoms with Crippen molar-refractivity contribution in [3.8, 4) is 10.6 Å². The number of aromatic nitrogens is 1. The lowest BCUT2D eigenvalue weighted by molar-refractivity contribution is -0.118. The van der Waals surface area contributed by atoms with Crippen molar-refractivity contribution >= 4 is 51.2 Å². The Morgan fingerprint density at radius 1 is 1.21 bits per heavy atom. The van der Waals surface area contributed by atoms with E-state index < -0.39 is 5.66 Å². The van der Waals surface area contributed by atoms with Gasteiger partial charge in [-0.1, -0.05) is 12.1 Å². The second-order valence-corrected chi connectivity index (χ2v) is 10.7. The molecule has 33 heavy (non-hydrogen) atoms. The Morgan fingerprint density at radius 3 is 2.82 bits per heavy atom. The number of nitrogens with zero attached hydrogens (tertiary/aromatic N) is 3. The number of carbonyl (C=O) groups excluding carboxylic acids is 3. The number of carbonyl (C=O) groups is 3. The fraction of sp³-hybridized carbons (Fsp3) is 0.333. The van der Waals surface area contributed by atoms with Crippen LogP contribution in [0.25, 0.3) is 10.6 Å². The lowest BCUT2D eigenvalue weighted by Gasteiger charge is -2.48. The van der Waals surface area contributed by atoms with Gasteiger partial charge in [0, 0.05) is 29.6 Å². The Bertz CT molecular complexity index is 1250. The summed E-state index contributed by atoms with van der Waals surface area (Å²) in [5.74, 6) is -0.191. The average molecular weight is 481 g/mol. The molecule has 0 saturated carbocycles. The van der Waals surface area contributed by atoms with E-state index in [-0.39, 0.29) is 24.1 Å². The minimum absolute atomic E-state index is 0.0284. The van der Waals surface area contributed by atoms with Gasteiger partial charge in [0.2, 0.25) is 11.8 Å². The first-order valence-electron chi connectivity index (χ1n) is 10.9. The van der Waals surface area contributed by atoms with Gasteiger partial charge in [0.15, 0.2) is 5.13 Å². The van der Waals surface area contributed by atoms with E-state index in [0.29, 0.717) is 42.2 Å². The standard InChI is InChI=1S/C24H24N4O3S2/c1-15-9-10-19(33-15)17-14-32-23(25-17)26-20(29)8-5-13-27-22(31)16-6-3-4-7-18(16)28-21(30)11-12-24(27,28)2/h3-4,6-7,9-10,14H,5,8,11-13H2,1-2H3,(H,25,26,29). The number of thiazole rings is 1. The molecule has 3 aromatic rings. The molecule has 3 amide bonds. The predicted octanol–water partition coefficient (Wildman–Crippen LogP) is 4.90. The van der Waals surface area contributed by atoms with Gasteiger partial charge in [-0.2, -0.15) is 0 Å². The molecule has 2 aromatic heterocycles. The molecule has 0 bridgehead atoms. The highest BCUT2D eigenvalue weighted by molar-refractivity contribution is 7.17. The van der Waals surface area contributed by atoms with Gasteiger partial charge in [-0.15, -0.1) is 22.7 Å². The molecular formula is C24H24N4O3S2. The number of aryl methyl sites for hydroxylation is 1. The molecule has 170 valence electrons. The van der Waals surface area contributed by atoms with Crippen molar-refractivity contribution in [2.75, 3.05) is 16.8 Å². The lowest BCUT2D eigenvalue weighted by Crippen LogP contribution is -2.62. The quantitative estimate of drug-likeness (QED) is 0.544. The maximum atomic E-state index is 13.3.